The van der Waals surface area contributed by atoms with E-state index in [2.05, 4.69) is 6.92 Å². The molecule has 0 spiro atoms. The van der Waals surface area contributed by atoms with E-state index in [1.807, 2.05) is 0 Å². The first-order chi connectivity index (χ1) is 5.84. The maximum absolute atomic E-state index is 5.73. The van der Waals surface area contributed by atoms with Crippen LogP contribution in [-0.4, -0.2) is 25.4 Å². The van der Waals surface area contributed by atoms with E-state index in [1.54, 1.807) is 0 Å². The van der Waals surface area contributed by atoms with Crippen molar-refractivity contribution >= 4 is 13.5 Å². The first kappa shape index (κ1) is 11.3. The Morgan fingerprint density at radius 1 is 1.23 bits per heavy atom. The molecular formula is C10H20O2S. The summed E-state index contributed by atoms with van der Waals surface area (Å²) >= 11 is 0. The highest BCUT2D eigenvalue weighted by Crippen LogP contribution is 2.26. The molecule has 0 bridgehead atoms. The van der Waals surface area contributed by atoms with E-state index in [0.717, 1.165) is 19.1 Å². The third-order valence-electron chi connectivity index (χ3n) is 2.88. The molecule has 0 aromatic rings. The van der Waals surface area contributed by atoms with Gasteiger partial charge in [-0.2, -0.15) is 13.5 Å². The number of ether oxygens (including phenoxy) is 2. The largest absolute Gasteiger partial charge is 0.375 e. The molecule has 2 rings (SSSR count). The van der Waals surface area contributed by atoms with Crippen LogP contribution in [0.15, 0.2) is 0 Å². The highest BCUT2D eigenvalue weighted by molar-refractivity contribution is 7.59. The number of rotatable bonds is 3. The number of hydrogen-bond acceptors (Lipinski definition) is 2. The predicted molar refractivity (Wildman–Crippen MR) is 57.5 cm³/mol. The highest BCUT2D eigenvalue weighted by atomic mass is 32.1. The lowest BCUT2D eigenvalue weighted by Gasteiger charge is -2.25. The average Bonchev–Trinajstić information content (AvgIpc) is 2.87. The molecule has 1 aliphatic carbocycles. The van der Waals surface area contributed by atoms with Gasteiger partial charge in [0.15, 0.2) is 0 Å². The van der Waals surface area contributed by atoms with Crippen molar-refractivity contribution in [3.63, 3.8) is 0 Å². The summed E-state index contributed by atoms with van der Waals surface area (Å²) in [7, 11) is 0. The molecule has 1 atom stereocenters. The fourth-order valence-electron chi connectivity index (χ4n) is 1.80. The summed E-state index contributed by atoms with van der Waals surface area (Å²) in [5.41, 5.74) is 0. The molecule has 1 unspecified atom stereocenters. The van der Waals surface area contributed by atoms with Gasteiger partial charge in [0, 0.05) is 0 Å². The van der Waals surface area contributed by atoms with E-state index in [-0.39, 0.29) is 13.5 Å². The molecule has 78 valence electrons. The molecule has 2 nitrogen and oxygen atoms in total. The van der Waals surface area contributed by atoms with Gasteiger partial charge in [-0.15, -0.1) is 0 Å². The lowest BCUT2D eigenvalue weighted by atomic mass is 9.89. The van der Waals surface area contributed by atoms with Crippen LogP contribution >= 0.6 is 13.5 Å². The molecule has 0 radical (unpaired) electrons. The molecule has 2 fully saturated rings. The Morgan fingerprint density at radius 2 is 1.85 bits per heavy atom. The molecule has 1 saturated carbocycles. The average molecular weight is 204 g/mol. The number of epoxide rings is 1. The van der Waals surface area contributed by atoms with Gasteiger partial charge in [-0.3, -0.25) is 0 Å². The topological polar surface area (TPSA) is 21.8 Å². The summed E-state index contributed by atoms with van der Waals surface area (Å²) in [5, 5.41) is 0. The second kappa shape index (κ2) is 5.23. The van der Waals surface area contributed by atoms with Crippen LogP contribution < -0.4 is 0 Å². The minimum Gasteiger partial charge on any atom is -0.375 e. The zero-order valence-corrected chi connectivity index (χ0v) is 9.29. The highest BCUT2D eigenvalue weighted by Gasteiger charge is 2.25. The first-order valence-corrected chi connectivity index (χ1v) is 5.08. The minimum absolute atomic E-state index is 0. The summed E-state index contributed by atoms with van der Waals surface area (Å²) in [5.74, 6) is 0.919. The molecule has 1 heterocycles. The lowest BCUT2D eigenvalue weighted by Crippen LogP contribution is -2.22. The standard InChI is InChI=1S/C10H18O2.H2S/c1-8-2-4-9(5-3-8)11-6-10-7-12-10;/h8-10H,2-7H2,1H3;1H2. The van der Waals surface area contributed by atoms with Crippen molar-refractivity contribution in [2.24, 2.45) is 5.92 Å². The van der Waals surface area contributed by atoms with E-state index in [0.29, 0.717) is 12.2 Å². The van der Waals surface area contributed by atoms with Gasteiger partial charge >= 0.3 is 0 Å². The van der Waals surface area contributed by atoms with Crippen molar-refractivity contribution in [2.75, 3.05) is 13.2 Å². The Hall–Kier alpha value is 0.270. The van der Waals surface area contributed by atoms with Crippen LogP contribution in [0.2, 0.25) is 0 Å². The molecule has 0 amide bonds. The van der Waals surface area contributed by atoms with Crippen molar-refractivity contribution in [1.82, 2.24) is 0 Å². The smallest absolute Gasteiger partial charge is 0.104 e. The van der Waals surface area contributed by atoms with E-state index < -0.39 is 0 Å². The van der Waals surface area contributed by atoms with Gasteiger partial charge in [0.1, 0.15) is 6.10 Å². The Labute approximate surface area is 87.4 Å². The third-order valence-corrected chi connectivity index (χ3v) is 2.88. The fraction of sp³-hybridized carbons (Fsp3) is 1.00. The van der Waals surface area contributed by atoms with Crippen LogP contribution in [0, 0.1) is 5.92 Å². The second-order valence-corrected chi connectivity index (χ2v) is 4.17. The SMILES string of the molecule is CC1CCC(OCC2CO2)CC1.S. The summed E-state index contributed by atoms with van der Waals surface area (Å²) < 4.78 is 10.8. The summed E-state index contributed by atoms with van der Waals surface area (Å²) in [4.78, 5) is 0. The van der Waals surface area contributed by atoms with Crippen molar-refractivity contribution in [3.8, 4) is 0 Å². The van der Waals surface area contributed by atoms with Crippen LogP contribution in [0.1, 0.15) is 32.6 Å². The summed E-state index contributed by atoms with van der Waals surface area (Å²) in [6.07, 6.45) is 6.17. The molecular weight excluding hydrogens is 184 g/mol. The van der Waals surface area contributed by atoms with Crippen molar-refractivity contribution in [3.05, 3.63) is 0 Å². The second-order valence-electron chi connectivity index (χ2n) is 4.17. The van der Waals surface area contributed by atoms with Gasteiger partial charge in [0.2, 0.25) is 0 Å². The lowest BCUT2D eigenvalue weighted by molar-refractivity contribution is 0.0120. The van der Waals surface area contributed by atoms with Crippen LogP contribution in [0.4, 0.5) is 0 Å². The zero-order valence-electron chi connectivity index (χ0n) is 8.29. The molecule has 0 aromatic heterocycles. The van der Waals surface area contributed by atoms with Crippen LogP contribution in [0.3, 0.4) is 0 Å². The Kier molecular flexibility index (Phi) is 4.56. The predicted octanol–water partition coefficient (Wildman–Crippen LogP) is 2.09. The van der Waals surface area contributed by atoms with E-state index in [1.165, 1.54) is 25.7 Å². The Morgan fingerprint density at radius 3 is 2.38 bits per heavy atom. The van der Waals surface area contributed by atoms with Crippen LogP contribution in [-0.2, 0) is 9.47 Å². The molecule has 13 heavy (non-hydrogen) atoms. The van der Waals surface area contributed by atoms with Crippen LogP contribution in [0.25, 0.3) is 0 Å². The van der Waals surface area contributed by atoms with E-state index >= 15 is 0 Å². The molecule has 3 heteroatoms. The molecule has 2 aliphatic rings. The van der Waals surface area contributed by atoms with Crippen molar-refractivity contribution < 1.29 is 9.47 Å². The third kappa shape index (κ3) is 3.88. The summed E-state index contributed by atoms with van der Waals surface area (Å²) in [6.45, 7) is 4.09. The van der Waals surface area contributed by atoms with Crippen molar-refractivity contribution in [2.45, 2.75) is 44.8 Å². The zero-order chi connectivity index (χ0) is 8.39. The minimum atomic E-state index is 0. The van der Waals surface area contributed by atoms with Gasteiger partial charge in [-0.05, 0) is 31.6 Å². The quantitative estimate of drug-likeness (QED) is 0.657. The monoisotopic (exact) mass is 204 g/mol. The molecule has 0 N–H and O–H groups in total. The van der Waals surface area contributed by atoms with Gasteiger partial charge in [-0.1, -0.05) is 6.92 Å². The van der Waals surface area contributed by atoms with Gasteiger partial charge in [0.25, 0.3) is 0 Å². The van der Waals surface area contributed by atoms with Gasteiger partial charge in [-0.25, -0.2) is 0 Å². The van der Waals surface area contributed by atoms with Crippen LogP contribution in [0.5, 0.6) is 0 Å². The fourth-order valence-corrected chi connectivity index (χ4v) is 1.80. The summed E-state index contributed by atoms with van der Waals surface area (Å²) in [6, 6.07) is 0. The van der Waals surface area contributed by atoms with Crippen molar-refractivity contribution in [1.29, 1.82) is 0 Å². The van der Waals surface area contributed by atoms with Gasteiger partial charge in [0.05, 0.1) is 19.3 Å². The van der Waals surface area contributed by atoms with E-state index in [9.17, 15) is 0 Å². The normalized spacial score (nSPS) is 38.1. The first-order valence-electron chi connectivity index (χ1n) is 5.08. The Bertz CT molecular complexity index is 140. The van der Waals surface area contributed by atoms with Gasteiger partial charge < -0.3 is 9.47 Å². The van der Waals surface area contributed by atoms with E-state index in [4.69, 9.17) is 9.47 Å². The Balaban J connectivity index is 0.000000845. The molecule has 1 saturated heterocycles. The molecule has 0 aromatic carbocycles. The number of hydrogen-bond donors (Lipinski definition) is 0. The maximum atomic E-state index is 5.73. The maximum Gasteiger partial charge on any atom is 0.104 e. The molecule has 1 aliphatic heterocycles.